The Morgan fingerprint density at radius 3 is 2.90 bits per heavy atom. The van der Waals surface area contributed by atoms with Crippen molar-refractivity contribution >= 4 is 0 Å². The van der Waals surface area contributed by atoms with E-state index in [1.54, 1.807) is 6.08 Å². The van der Waals surface area contributed by atoms with Gasteiger partial charge in [0.15, 0.2) is 0 Å². The van der Waals surface area contributed by atoms with Crippen LogP contribution in [0.2, 0.25) is 0 Å². The van der Waals surface area contributed by atoms with Crippen molar-refractivity contribution in [1.82, 2.24) is 0 Å². The van der Waals surface area contributed by atoms with E-state index in [0.29, 0.717) is 6.61 Å². The van der Waals surface area contributed by atoms with Crippen LogP contribution in [-0.4, -0.2) is 23.9 Å². The van der Waals surface area contributed by atoms with Gasteiger partial charge in [0.1, 0.15) is 0 Å². The molecule has 0 aromatic carbocycles. The summed E-state index contributed by atoms with van der Waals surface area (Å²) in [5.41, 5.74) is 0. The van der Waals surface area contributed by atoms with Crippen molar-refractivity contribution in [2.24, 2.45) is 0 Å². The molecule has 1 fully saturated rings. The topological polar surface area (TPSA) is 29.5 Å². The molecule has 2 atom stereocenters. The Morgan fingerprint density at radius 1 is 1.60 bits per heavy atom. The highest BCUT2D eigenvalue weighted by molar-refractivity contribution is 4.78. The van der Waals surface area contributed by atoms with E-state index in [9.17, 15) is 5.11 Å². The van der Waals surface area contributed by atoms with Crippen molar-refractivity contribution in [3.05, 3.63) is 12.7 Å². The average molecular weight is 142 g/mol. The number of hydrogen-bond acceptors (Lipinski definition) is 2. The Morgan fingerprint density at radius 2 is 2.40 bits per heavy atom. The predicted octanol–water partition coefficient (Wildman–Crippen LogP) is 1.10. The van der Waals surface area contributed by atoms with Gasteiger partial charge in [-0.25, -0.2) is 0 Å². The van der Waals surface area contributed by atoms with Crippen molar-refractivity contribution in [2.45, 2.75) is 31.5 Å². The lowest BCUT2D eigenvalue weighted by Gasteiger charge is -2.13. The summed E-state index contributed by atoms with van der Waals surface area (Å²) in [6, 6.07) is 0. The minimum atomic E-state index is -0.236. The van der Waals surface area contributed by atoms with Crippen molar-refractivity contribution in [3.8, 4) is 0 Å². The molecule has 2 heteroatoms. The van der Waals surface area contributed by atoms with Crippen molar-refractivity contribution in [2.75, 3.05) is 6.61 Å². The van der Waals surface area contributed by atoms with Gasteiger partial charge in [-0.2, -0.15) is 0 Å². The lowest BCUT2D eigenvalue weighted by Crippen LogP contribution is -2.22. The predicted molar refractivity (Wildman–Crippen MR) is 39.8 cm³/mol. The first-order valence-electron chi connectivity index (χ1n) is 3.75. The van der Waals surface area contributed by atoms with Crippen LogP contribution in [0, 0.1) is 0 Å². The van der Waals surface area contributed by atoms with Crippen LogP contribution in [0.15, 0.2) is 12.7 Å². The third-order valence-electron chi connectivity index (χ3n) is 1.85. The Labute approximate surface area is 61.5 Å². The van der Waals surface area contributed by atoms with E-state index in [2.05, 4.69) is 6.58 Å². The van der Waals surface area contributed by atoms with Gasteiger partial charge in [-0.3, -0.25) is 0 Å². The molecule has 0 spiro atoms. The van der Waals surface area contributed by atoms with Crippen LogP contribution in [0.3, 0.4) is 0 Å². The third kappa shape index (κ3) is 1.82. The standard InChI is InChI=1S/C8H14O2/c1-2-6-10-8-5-3-4-7(8)9/h2,7-9H,1,3-6H2/t7?,8-/m1/s1. The van der Waals surface area contributed by atoms with Crippen LogP contribution >= 0.6 is 0 Å². The van der Waals surface area contributed by atoms with Crippen LogP contribution in [-0.2, 0) is 4.74 Å². The highest BCUT2D eigenvalue weighted by Gasteiger charge is 2.24. The van der Waals surface area contributed by atoms with Crippen LogP contribution in [0.25, 0.3) is 0 Å². The maximum atomic E-state index is 9.26. The summed E-state index contributed by atoms with van der Waals surface area (Å²) in [6.07, 6.45) is 4.52. The van der Waals surface area contributed by atoms with E-state index < -0.39 is 0 Å². The minimum absolute atomic E-state index is 0.0676. The fourth-order valence-electron chi connectivity index (χ4n) is 1.29. The van der Waals surface area contributed by atoms with Gasteiger partial charge in [0.25, 0.3) is 0 Å². The summed E-state index contributed by atoms with van der Waals surface area (Å²) in [7, 11) is 0. The molecule has 1 saturated carbocycles. The third-order valence-corrected chi connectivity index (χ3v) is 1.85. The van der Waals surface area contributed by atoms with Gasteiger partial charge in [0.05, 0.1) is 18.8 Å². The van der Waals surface area contributed by atoms with E-state index in [-0.39, 0.29) is 12.2 Å². The highest BCUT2D eigenvalue weighted by Crippen LogP contribution is 2.21. The van der Waals surface area contributed by atoms with Gasteiger partial charge >= 0.3 is 0 Å². The SMILES string of the molecule is C=CCO[C@@H]1CCCC1O. The minimum Gasteiger partial charge on any atom is -0.390 e. The van der Waals surface area contributed by atoms with Gasteiger partial charge in [-0.15, -0.1) is 6.58 Å². The summed E-state index contributed by atoms with van der Waals surface area (Å²) in [4.78, 5) is 0. The average Bonchev–Trinajstić information content (AvgIpc) is 2.31. The molecule has 2 nitrogen and oxygen atoms in total. The molecular formula is C8H14O2. The van der Waals surface area contributed by atoms with Crippen molar-refractivity contribution in [3.63, 3.8) is 0 Å². The van der Waals surface area contributed by atoms with Crippen LogP contribution in [0.1, 0.15) is 19.3 Å². The van der Waals surface area contributed by atoms with Crippen LogP contribution in [0.4, 0.5) is 0 Å². The molecule has 0 aliphatic heterocycles. The Hall–Kier alpha value is -0.340. The number of aliphatic hydroxyl groups is 1. The molecule has 0 radical (unpaired) electrons. The number of hydrogen-bond donors (Lipinski definition) is 1. The molecule has 0 aromatic heterocycles. The molecule has 0 heterocycles. The van der Waals surface area contributed by atoms with Gasteiger partial charge in [-0.05, 0) is 19.3 Å². The monoisotopic (exact) mass is 142 g/mol. The molecule has 1 rings (SSSR count). The molecule has 10 heavy (non-hydrogen) atoms. The second-order valence-electron chi connectivity index (χ2n) is 2.66. The lowest BCUT2D eigenvalue weighted by molar-refractivity contribution is -0.00618. The smallest absolute Gasteiger partial charge is 0.0838 e. The Balaban J connectivity index is 2.19. The summed E-state index contributed by atoms with van der Waals surface area (Å²) in [5, 5.41) is 9.26. The second-order valence-corrected chi connectivity index (χ2v) is 2.66. The summed E-state index contributed by atoms with van der Waals surface area (Å²) in [5.74, 6) is 0. The number of ether oxygens (including phenoxy) is 1. The van der Waals surface area contributed by atoms with E-state index in [1.165, 1.54) is 0 Å². The van der Waals surface area contributed by atoms with E-state index in [4.69, 9.17) is 4.74 Å². The molecule has 1 aliphatic rings. The van der Waals surface area contributed by atoms with Gasteiger partial charge in [-0.1, -0.05) is 6.08 Å². The van der Waals surface area contributed by atoms with Crippen molar-refractivity contribution in [1.29, 1.82) is 0 Å². The van der Waals surface area contributed by atoms with Crippen LogP contribution in [0.5, 0.6) is 0 Å². The normalized spacial score (nSPS) is 32.5. The zero-order chi connectivity index (χ0) is 7.40. The van der Waals surface area contributed by atoms with Gasteiger partial charge in [0.2, 0.25) is 0 Å². The van der Waals surface area contributed by atoms with Crippen molar-refractivity contribution < 1.29 is 9.84 Å². The summed E-state index contributed by atoms with van der Waals surface area (Å²) >= 11 is 0. The number of rotatable bonds is 3. The van der Waals surface area contributed by atoms with Gasteiger partial charge in [0, 0.05) is 0 Å². The molecule has 0 bridgehead atoms. The summed E-state index contributed by atoms with van der Waals surface area (Å²) < 4.78 is 5.30. The lowest BCUT2D eigenvalue weighted by atomic mass is 10.3. The van der Waals surface area contributed by atoms with Gasteiger partial charge < -0.3 is 9.84 Å². The largest absolute Gasteiger partial charge is 0.390 e. The maximum absolute atomic E-state index is 9.26. The zero-order valence-corrected chi connectivity index (χ0v) is 6.12. The highest BCUT2D eigenvalue weighted by atomic mass is 16.5. The summed E-state index contributed by atoms with van der Waals surface area (Å²) in [6.45, 7) is 4.10. The second kappa shape index (κ2) is 3.74. The molecule has 1 aliphatic carbocycles. The van der Waals surface area contributed by atoms with E-state index in [0.717, 1.165) is 19.3 Å². The first-order valence-corrected chi connectivity index (χ1v) is 3.75. The van der Waals surface area contributed by atoms with E-state index >= 15 is 0 Å². The molecule has 58 valence electrons. The first kappa shape index (κ1) is 7.76. The fraction of sp³-hybridized carbons (Fsp3) is 0.750. The Bertz CT molecular complexity index is 112. The van der Waals surface area contributed by atoms with E-state index in [1.807, 2.05) is 0 Å². The zero-order valence-electron chi connectivity index (χ0n) is 6.12. The molecule has 1 N–H and O–H groups in total. The maximum Gasteiger partial charge on any atom is 0.0838 e. The Kier molecular flexibility index (Phi) is 2.90. The molecule has 0 saturated heterocycles. The van der Waals surface area contributed by atoms with Crippen LogP contribution < -0.4 is 0 Å². The fourth-order valence-corrected chi connectivity index (χ4v) is 1.29. The molecule has 1 unspecified atom stereocenters. The quantitative estimate of drug-likeness (QED) is 0.598. The molecule has 0 amide bonds. The molecule has 0 aromatic rings. The number of aliphatic hydroxyl groups excluding tert-OH is 1. The first-order chi connectivity index (χ1) is 4.84. The molecular weight excluding hydrogens is 128 g/mol.